The summed E-state index contributed by atoms with van der Waals surface area (Å²) < 4.78 is 0. The lowest BCUT2D eigenvalue weighted by molar-refractivity contribution is -0.132. The van der Waals surface area contributed by atoms with Crippen LogP contribution in [0.25, 0.3) is 6.08 Å². The van der Waals surface area contributed by atoms with Crippen LogP contribution in [0, 0.1) is 11.3 Å². The average Bonchev–Trinajstić information content (AvgIpc) is 2.79. The first-order valence-corrected chi connectivity index (χ1v) is 12.4. The minimum atomic E-state index is -1.23. The van der Waals surface area contributed by atoms with Crippen LogP contribution >= 0.6 is 11.8 Å². The second-order valence-corrected chi connectivity index (χ2v) is 12.0. The van der Waals surface area contributed by atoms with E-state index in [1.165, 1.54) is 27.0 Å². The van der Waals surface area contributed by atoms with Gasteiger partial charge in [-0.3, -0.25) is 0 Å². The Morgan fingerprint density at radius 2 is 1.34 bits per heavy atom. The number of nitrogens with zero attached hydrogens (tertiary/aromatic N) is 2. The molecule has 4 nitrogen and oxygen atoms in total. The number of anilines is 3. The number of rotatable bonds is 3. The molecule has 0 radical (unpaired) electrons. The third kappa shape index (κ3) is 4.99. The van der Waals surface area contributed by atoms with Crippen molar-refractivity contribution in [3.63, 3.8) is 0 Å². The van der Waals surface area contributed by atoms with Gasteiger partial charge in [0.15, 0.2) is 0 Å². The maximum atomic E-state index is 11.2. The van der Waals surface area contributed by atoms with Gasteiger partial charge in [-0.15, -0.1) is 0 Å². The van der Waals surface area contributed by atoms with Crippen LogP contribution in [0.4, 0.5) is 17.1 Å². The highest BCUT2D eigenvalue weighted by Crippen LogP contribution is 2.53. The Labute approximate surface area is 211 Å². The number of aliphatic carboxylic acids is 1. The van der Waals surface area contributed by atoms with E-state index in [1.807, 2.05) is 24.3 Å². The van der Waals surface area contributed by atoms with Crippen molar-refractivity contribution in [3.8, 4) is 6.07 Å². The van der Waals surface area contributed by atoms with Crippen molar-refractivity contribution < 1.29 is 9.90 Å². The summed E-state index contributed by atoms with van der Waals surface area (Å²) in [5, 5.41) is 18.3. The summed E-state index contributed by atoms with van der Waals surface area (Å²) in [4.78, 5) is 15.9. The molecule has 1 N–H and O–H groups in total. The highest BCUT2D eigenvalue weighted by Gasteiger charge is 2.28. The van der Waals surface area contributed by atoms with Crippen LogP contribution in [-0.4, -0.2) is 11.1 Å². The van der Waals surface area contributed by atoms with Crippen LogP contribution in [0.2, 0.25) is 0 Å². The zero-order chi connectivity index (χ0) is 25.5. The van der Waals surface area contributed by atoms with E-state index in [1.54, 1.807) is 17.8 Å². The molecule has 0 amide bonds. The number of nitriles is 1. The molecule has 3 aromatic rings. The van der Waals surface area contributed by atoms with Gasteiger partial charge in [0.05, 0.1) is 11.4 Å². The van der Waals surface area contributed by atoms with Gasteiger partial charge in [-0.2, -0.15) is 5.26 Å². The molecule has 1 aliphatic rings. The predicted octanol–water partition coefficient (Wildman–Crippen LogP) is 8.21. The fourth-order valence-electron chi connectivity index (χ4n) is 4.05. The van der Waals surface area contributed by atoms with Crippen molar-refractivity contribution in [1.29, 1.82) is 5.26 Å². The standard InChI is InChI=1S/C30H30N2O2S/c1-29(2,3)21-9-13-24-26(16-21)35-27-17-22(30(4,5)6)10-14-25(27)32(24)23-11-7-19(8-12-23)15-20(18-31)28(33)34/h7-17H,1-6H3,(H,33,34)/b20-15+. The first-order valence-electron chi connectivity index (χ1n) is 11.6. The molecule has 0 aromatic heterocycles. The molecule has 0 bridgehead atoms. The molecule has 3 aromatic carbocycles. The first-order chi connectivity index (χ1) is 16.4. The highest BCUT2D eigenvalue weighted by molar-refractivity contribution is 7.99. The molecule has 1 heterocycles. The van der Waals surface area contributed by atoms with E-state index in [2.05, 4.69) is 82.8 Å². The summed E-state index contributed by atoms with van der Waals surface area (Å²) >= 11 is 1.81. The van der Waals surface area contributed by atoms with Crippen LogP contribution in [0.1, 0.15) is 58.2 Å². The number of fused-ring (bicyclic) bond motifs is 2. The number of benzene rings is 3. The number of carboxylic acid groups (broad SMARTS) is 1. The topological polar surface area (TPSA) is 64.3 Å². The van der Waals surface area contributed by atoms with Crippen LogP contribution in [0.15, 0.2) is 76.0 Å². The van der Waals surface area contributed by atoms with Gasteiger partial charge in [0.1, 0.15) is 11.6 Å². The second kappa shape index (κ2) is 8.94. The van der Waals surface area contributed by atoms with E-state index in [9.17, 15) is 4.79 Å². The van der Waals surface area contributed by atoms with Gasteiger partial charge < -0.3 is 10.0 Å². The Balaban J connectivity index is 1.85. The maximum absolute atomic E-state index is 11.2. The Hall–Kier alpha value is -3.49. The molecule has 1 aliphatic heterocycles. The molecular weight excluding hydrogens is 452 g/mol. The number of hydrogen-bond acceptors (Lipinski definition) is 4. The summed E-state index contributed by atoms with van der Waals surface area (Å²) in [6.07, 6.45) is 1.39. The summed E-state index contributed by atoms with van der Waals surface area (Å²) in [5.41, 5.74) is 6.27. The quantitative estimate of drug-likeness (QED) is 0.235. The minimum absolute atomic E-state index is 0.0462. The molecule has 0 spiro atoms. The Morgan fingerprint density at radius 1 is 0.857 bits per heavy atom. The number of carbonyl (C=O) groups is 1. The molecule has 0 fully saturated rings. The van der Waals surface area contributed by atoms with Crippen molar-refractivity contribution in [1.82, 2.24) is 0 Å². The van der Waals surface area contributed by atoms with Crippen molar-refractivity contribution in [2.24, 2.45) is 0 Å². The zero-order valence-corrected chi connectivity index (χ0v) is 21.8. The van der Waals surface area contributed by atoms with Gasteiger partial charge in [-0.05, 0) is 70.0 Å². The van der Waals surface area contributed by atoms with Gasteiger partial charge in [0.25, 0.3) is 0 Å². The van der Waals surface area contributed by atoms with Gasteiger partial charge in [0, 0.05) is 15.5 Å². The van der Waals surface area contributed by atoms with E-state index < -0.39 is 5.97 Å². The van der Waals surface area contributed by atoms with Crippen molar-refractivity contribution >= 4 is 40.9 Å². The third-order valence-electron chi connectivity index (χ3n) is 6.17. The number of hydrogen-bond donors (Lipinski definition) is 1. The van der Waals surface area contributed by atoms with E-state index >= 15 is 0 Å². The fraction of sp³-hybridized carbons (Fsp3) is 0.267. The summed E-state index contributed by atoms with van der Waals surface area (Å²) in [6, 6.07) is 22.8. The molecule has 5 heteroatoms. The van der Waals surface area contributed by atoms with Crippen molar-refractivity contribution in [2.75, 3.05) is 4.90 Å². The SMILES string of the molecule is CC(C)(C)c1ccc2c(c1)Sc1cc(C(C)(C)C)ccc1N2c1ccc(/C=C(\C#N)C(=O)O)cc1. The molecule has 4 rings (SSSR count). The normalized spacial score (nSPS) is 13.6. The highest BCUT2D eigenvalue weighted by atomic mass is 32.2. The summed E-state index contributed by atoms with van der Waals surface area (Å²) in [7, 11) is 0. The Bertz CT molecular complexity index is 1300. The number of carboxylic acids is 1. The van der Waals surface area contributed by atoms with E-state index in [0.29, 0.717) is 5.56 Å². The molecule has 35 heavy (non-hydrogen) atoms. The van der Waals surface area contributed by atoms with Crippen LogP contribution < -0.4 is 4.90 Å². The minimum Gasteiger partial charge on any atom is -0.477 e. The third-order valence-corrected chi connectivity index (χ3v) is 7.26. The molecule has 0 saturated heterocycles. The first kappa shape index (κ1) is 24.6. The van der Waals surface area contributed by atoms with Crippen molar-refractivity contribution in [2.45, 2.75) is 62.2 Å². The van der Waals surface area contributed by atoms with Gasteiger partial charge in [-0.1, -0.05) is 77.6 Å². The van der Waals surface area contributed by atoms with E-state index in [0.717, 1.165) is 17.1 Å². The van der Waals surface area contributed by atoms with Crippen LogP contribution in [-0.2, 0) is 15.6 Å². The zero-order valence-electron chi connectivity index (χ0n) is 21.0. The lowest BCUT2D eigenvalue weighted by atomic mass is 9.86. The molecule has 178 valence electrons. The Kier molecular flexibility index (Phi) is 6.29. The second-order valence-electron chi connectivity index (χ2n) is 10.9. The summed E-state index contributed by atoms with van der Waals surface area (Å²) in [6.45, 7) is 13.4. The molecular formula is C30H30N2O2S. The Morgan fingerprint density at radius 3 is 1.74 bits per heavy atom. The van der Waals surface area contributed by atoms with E-state index in [-0.39, 0.29) is 16.4 Å². The lowest BCUT2D eigenvalue weighted by Crippen LogP contribution is -2.18. The van der Waals surface area contributed by atoms with Gasteiger partial charge in [-0.25, -0.2) is 4.79 Å². The lowest BCUT2D eigenvalue weighted by Gasteiger charge is -2.35. The molecule has 0 aliphatic carbocycles. The predicted molar refractivity (Wildman–Crippen MR) is 144 cm³/mol. The van der Waals surface area contributed by atoms with E-state index in [4.69, 9.17) is 10.4 Å². The molecule has 0 unspecified atom stereocenters. The molecule has 0 saturated carbocycles. The van der Waals surface area contributed by atoms with Crippen molar-refractivity contribution in [3.05, 3.63) is 82.9 Å². The maximum Gasteiger partial charge on any atom is 0.346 e. The average molecular weight is 483 g/mol. The smallest absolute Gasteiger partial charge is 0.346 e. The largest absolute Gasteiger partial charge is 0.477 e. The monoisotopic (exact) mass is 482 g/mol. The summed E-state index contributed by atoms with van der Waals surface area (Å²) in [5.74, 6) is -1.23. The fourth-order valence-corrected chi connectivity index (χ4v) is 5.19. The van der Waals surface area contributed by atoms with Gasteiger partial charge in [0.2, 0.25) is 0 Å². The molecule has 0 atom stereocenters. The van der Waals surface area contributed by atoms with Crippen LogP contribution in [0.3, 0.4) is 0 Å². The van der Waals surface area contributed by atoms with Gasteiger partial charge >= 0.3 is 5.97 Å². The van der Waals surface area contributed by atoms with Crippen LogP contribution in [0.5, 0.6) is 0 Å².